The Labute approximate surface area is 92.3 Å². The number of hydrogen-bond donors (Lipinski definition) is 1. The molecule has 0 bridgehead atoms. The van der Waals surface area contributed by atoms with Crippen molar-refractivity contribution in [3.05, 3.63) is 23.3 Å². The summed E-state index contributed by atoms with van der Waals surface area (Å²) in [6, 6.07) is 2.12. The number of hydrogen-bond acceptors (Lipinski definition) is 3. The van der Waals surface area contributed by atoms with Gasteiger partial charge in [0.2, 0.25) is 0 Å². The molecule has 15 heavy (non-hydrogen) atoms. The number of rotatable bonds is 4. The minimum Gasteiger partial charge on any atom is -0.313 e. The molecular formula is C12H21N3. The van der Waals surface area contributed by atoms with Crippen molar-refractivity contribution in [1.82, 2.24) is 15.3 Å². The zero-order valence-electron chi connectivity index (χ0n) is 10.3. The molecule has 0 radical (unpaired) electrons. The van der Waals surface area contributed by atoms with Crippen LogP contribution in [0.15, 0.2) is 6.07 Å². The third-order valence-electron chi connectivity index (χ3n) is 2.33. The molecule has 0 aliphatic heterocycles. The second kappa shape index (κ2) is 5.21. The smallest absolute Gasteiger partial charge is 0.142 e. The van der Waals surface area contributed by atoms with E-state index in [0.717, 1.165) is 23.8 Å². The van der Waals surface area contributed by atoms with Gasteiger partial charge in [0.15, 0.2) is 0 Å². The molecule has 1 heterocycles. The molecule has 0 fully saturated rings. The van der Waals surface area contributed by atoms with Gasteiger partial charge in [0.05, 0.1) is 6.54 Å². The van der Waals surface area contributed by atoms with Crippen LogP contribution >= 0.6 is 0 Å². The fraction of sp³-hybridized carbons (Fsp3) is 0.667. The van der Waals surface area contributed by atoms with Gasteiger partial charge in [-0.2, -0.15) is 0 Å². The molecule has 0 aromatic carbocycles. The maximum atomic E-state index is 4.53. The highest BCUT2D eigenvalue weighted by Gasteiger charge is 2.09. The third kappa shape index (κ3) is 3.27. The summed E-state index contributed by atoms with van der Waals surface area (Å²) < 4.78 is 0. The largest absolute Gasteiger partial charge is 0.313 e. The lowest BCUT2D eigenvalue weighted by molar-refractivity contribution is 0.695. The van der Waals surface area contributed by atoms with Gasteiger partial charge in [0.1, 0.15) is 5.82 Å². The van der Waals surface area contributed by atoms with Crippen LogP contribution in [0.25, 0.3) is 0 Å². The molecule has 1 rings (SSSR count). The topological polar surface area (TPSA) is 37.8 Å². The van der Waals surface area contributed by atoms with Crippen molar-refractivity contribution >= 4 is 0 Å². The van der Waals surface area contributed by atoms with E-state index in [9.17, 15) is 0 Å². The van der Waals surface area contributed by atoms with E-state index in [1.807, 2.05) is 7.05 Å². The maximum absolute atomic E-state index is 4.53. The lowest BCUT2D eigenvalue weighted by atomic mass is 10.0. The van der Waals surface area contributed by atoms with Gasteiger partial charge in [0, 0.05) is 11.4 Å². The lowest BCUT2D eigenvalue weighted by Crippen LogP contribution is -2.12. The summed E-state index contributed by atoms with van der Waals surface area (Å²) in [4.78, 5) is 9.06. The first-order valence-corrected chi connectivity index (χ1v) is 5.57. The van der Waals surface area contributed by atoms with Crippen LogP contribution < -0.4 is 5.32 Å². The molecule has 0 unspecified atom stereocenters. The van der Waals surface area contributed by atoms with Crippen molar-refractivity contribution in [2.24, 2.45) is 0 Å². The highest BCUT2D eigenvalue weighted by molar-refractivity contribution is 5.16. The van der Waals surface area contributed by atoms with Gasteiger partial charge in [-0.1, -0.05) is 27.7 Å². The molecule has 1 aromatic rings. The van der Waals surface area contributed by atoms with Gasteiger partial charge in [-0.25, -0.2) is 9.97 Å². The number of nitrogens with one attached hydrogen (secondary N) is 1. The average molecular weight is 207 g/mol. The SMILES string of the molecule is CNCc1nc(C(C)C)cc(C(C)C)n1. The number of nitrogens with zero attached hydrogens (tertiary/aromatic N) is 2. The number of aromatic nitrogens is 2. The van der Waals surface area contributed by atoms with Crippen LogP contribution in [0.5, 0.6) is 0 Å². The Hall–Kier alpha value is -0.960. The summed E-state index contributed by atoms with van der Waals surface area (Å²) in [6.07, 6.45) is 0. The summed E-state index contributed by atoms with van der Waals surface area (Å²) in [7, 11) is 1.92. The van der Waals surface area contributed by atoms with E-state index in [0.29, 0.717) is 11.8 Å². The molecule has 0 atom stereocenters. The molecular weight excluding hydrogens is 186 g/mol. The molecule has 0 amide bonds. The van der Waals surface area contributed by atoms with Crippen molar-refractivity contribution in [2.45, 2.75) is 46.1 Å². The second-order valence-corrected chi connectivity index (χ2v) is 4.47. The van der Waals surface area contributed by atoms with Crippen molar-refractivity contribution in [2.75, 3.05) is 7.05 Å². The van der Waals surface area contributed by atoms with E-state index in [1.165, 1.54) is 0 Å². The van der Waals surface area contributed by atoms with Crippen molar-refractivity contribution in [3.8, 4) is 0 Å². The molecule has 1 aromatic heterocycles. The quantitative estimate of drug-likeness (QED) is 0.824. The maximum Gasteiger partial charge on any atom is 0.142 e. The normalized spacial score (nSPS) is 11.4. The molecule has 0 aliphatic carbocycles. The van der Waals surface area contributed by atoms with E-state index >= 15 is 0 Å². The van der Waals surface area contributed by atoms with E-state index in [2.05, 4.69) is 49.0 Å². The third-order valence-corrected chi connectivity index (χ3v) is 2.33. The Morgan fingerprint density at radius 1 is 1.07 bits per heavy atom. The Morgan fingerprint density at radius 2 is 1.53 bits per heavy atom. The monoisotopic (exact) mass is 207 g/mol. The highest BCUT2D eigenvalue weighted by atomic mass is 15.0. The first-order valence-electron chi connectivity index (χ1n) is 5.57. The predicted molar refractivity (Wildman–Crippen MR) is 63.0 cm³/mol. The summed E-state index contributed by atoms with van der Waals surface area (Å²) in [5.74, 6) is 1.81. The zero-order chi connectivity index (χ0) is 11.4. The van der Waals surface area contributed by atoms with Crippen molar-refractivity contribution in [1.29, 1.82) is 0 Å². The van der Waals surface area contributed by atoms with E-state index in [4.69, 9.17) is 0 Å². The Kier molecular flexibility index (Phi) is 4.21. The second-order valence-electron chi connectivity index (χ2n) is 4.47. The summed E-state index contributed by atoms with van der Waals surface area (Å²) >= 11 is 0. The minimum absolute atomic E-state index is 0.459. The fourth-order valence-corrected chi connectivity index (χ4v) is 1.37. The fourth-order valence-electron chi connectivity index (χ4n) is 1.37. The minimum atomic E-state index is 0.459. The molecule has 3 nitrogen and oxygen atoms in total. The van der Waals surface area contributed by atoms with Crippen LogP contribution in [-0.2, 0) is 6.54 Å². The van der Waals surface area contributed by atoms with Crippen LogP contribution in [-0.4, -0.2) is 17.0 Å². The molecule has 0 saturated carbocycles. The van der Waals surface area contributed by atoms with Gasteiger partial charge < -0.3 is 5.32 Å². The molecule has 0 spiro atoms. The summed E-state index contributed by atoms with van der Waals surface area (Å²) in [5.41, 5.74) is 2.28. The molecule has 0 saturated heterocycles. The van der Waals surface area contributed by atoms with Crippen LogP contribution in [0.2, 0.25) is 0 Å². The Balaban J connectivity index is 3.08. The molecule has 84 valence electrons. The molecule has 1 N–H and O–H groups in total. The van der Waals surface area contributed by atoms with Crippen LogP contribution in [0.3, 0.4) is 0 Å². The van der Waals surface area contributed by atoms with E-state index < -0.39 is 0 Å². The van der Waals surface area contributed by atoms with Crippen LogP contribution in [0.4, 0.5) is 0 Å². The standard InChI is InChI=1S/C12H21N3/c1-8(2)10-6-11(9(3)4)15-12(14-10)7-13-5/h6,8-9,13H,7H2,1-5H3. The van der Waals surface area contributed by atoms with Gasteiger partial charge in [-0.3, -0.25) is 0 Å². The predicted octanol–water partition coefficient (Wildman–Crippen LogP) is 2.44. The average Bonchev–Trinajstić information content (AvgIpc) is 2.17. The first-order chi connectivity index (χ1) is 7.04. The summed E-state index contributed by atoms with van der Waals surface area (Å²) in [6.45, 7) is 9.39. The van der Waals surface area contributed by atoms with Gasteiger partial charge in [0.25, 0.3) is 0 Å². The summed E-state index contributed by atoms with van der Waals surface area (Å²) in [5, 5.41) is 3.09. The highest BCUT2D eigenvalue weighted by Crippen LogP contribution is 2.17. The molecule has 3 heteroatoms. The van der Waals surface area contributed by atoms with E-state index in [1.54, 1.807) is 0 Å². The molecule has 0 aliphatic rings. The lowest BCUT2D eigenvalue weighted by Gasteiger charge is -2.12. The first kappa shape index (κ1) is 12.1. The Bertz CT molecular complexity index is 292. The zero-order valence-corrected chi connectivity index (χ0v) is 10.3. The van der Waals surface area contributed by atoms with Gasteiger partial charge in [-0.15, -0.1) is 0 Å². The van der Waals surface area contributed by atoms with Crippen LogP contribution in [0, 0.1) is 0 Å². The Morgan fingerprint density at radius 3 is 1.87 bits per heavy atom. The van der Waals surface area contributed by atoms with Crippen LogP contribution in [0.1, 0.15) is 56.7 Å². The van der Waals surface area contributed by atoms with Gasteiger partial charge in [-0.05, 0) is 24.9 Å². The van der Waals surface area contributed by atoms with Crippen molar-refractivity contribution < 1.29 is 0 Å². The van der Waals surface area contributed by atoms with Gasteiger partial charge >= 0.3 is 0 Å². The van der Waals surface area contributed by atoms with Crippen molar-refractivity contribution in [3.63, 3.8) is 0 Å². The van der Waals surface area contributed by atoms with E-state index in [-0.39, 0.29) is 0 Å².